The summed E-state index contributed by atoms with van der Waals surface area (Å²) in [6, 6.07) is 2.36. The molecular formula is C9H12BrClN2O. The van der Waals surface area contributed by atoms with Crippen molar-refractivity contribution in [2.45, 2.75) is 6.04 Å². The Kier molecular flexibility index (Phi) is 4.81. The number of hydrogen-bond acceptors (Lipinski definition) is 3. The molecule has 0 bridgehead atoms. The molecule has 2 rings (SSSR count). The Labute approximate surface area is 97.8 Å². The summed E-state index contributed by atoms with van der Waals surface area (Å²) in [4.78, 5) is 4.12. The highest BCUT2D eigenvalue weighted by atomic mass is 79.9. The van der Waals surface area contributed by atoms with Crippen LogP contribution < -0.4 is 5.32 Å². The van der Waals surface area contributed by atoms with Gasteiger partial charge in [0.05, 0.1) is 19.3 Å². The van der Waals surface area contributed by atoms with Gasteiger partial charge in [0.25, 0.3) is 0 Å². The lowest BCUT2D eigenvalue weighted by molar-refractivity contribution is 0.0767. The van der Waals surface area contributed by atoms with E-state index in [4.69, 9.17) is 4.74 Å². The number of morpholine rings is 1. The van der Waals surface area contributed by atoms with E-state index in [1.54, 1.807) is 6.20 Å². The third-order valence-corrected chi connectivity index (χ3v) is 2.48. The van der Waals surface area contributed by atoms with E-state index in [2.05, 4.69) is 32.3 Å². The Bertz CT molecular complexity index is 292. The molecule has 0 amide bonds. The van der Waals surface area contributed by atoms with Crippen molar-refractivity contribution in [1.29, 1.82) is 0 Å². The molecule has 1 saturated heterocycles. The number of hydrogen-bond donors (Lipinski definition) is 1. The fourth-order valence-electron chi connectivity index (χ4n) is 1.40. The van der Waals surface area contributed by atoms with Gasteiger partial charge < -0.3 is 10.1 Å². The number of aromatic nitrogens is 1. The Morgan fingerprint density at radius 2 is 2.36 bits per heavy atom. The molecule has 14 heavy (non-hydrogen) atoms. The molecule has 1 atom stereocenters. The van der Waals surface area contributed by atoms with Gasteiger partial charge in [0, 0.05) is 23.4 Å². The van der Waals surface area contributed by atoms with Crippen LogP contribution in [0.2, 0.25) is 0 Å². The number of ether oxygens (including phenoxy) is 1. The number of halogens is 2. The summed E-state index contributed by atoms with van der Waals surface area (Å²) in [5.41, 5.74) is 1.18. The van der Waals surface area contributed by atoms with Gasteiger partial charge in [0.15, 0.2) is 0 Å². The smallest absolute Gasteiger partial charge is 0.0662 e. The zero-order chi connectivity index (χ0) is 9.10. The van der Waals surface area contributed by atoms with E-state index in [0.29, 0.717) is 6.04 Å². The van der Waals surface area contributed by atoms with Gasteiger partial charge in [-0.3, -0.25) is 4.98 Å². The molecule has 1 N–H and O–H groups in total. The maximum absolute atomic E-state index is 5.37. The number of nitrogens with one attached hydrogen (secondary N) is 1. The molecule has 3 nitrogen and oxygen atoms in total. The normalized spacial score (nSPS) is 21.4. The van der Waals surface area contributed by atoms with Gasteiger partial charge >= 0.3 is 0 Å². The standard InChI is InChI=1S/C9H11BrN2O.ClH/c10-8-3-7(4-11-5-8)9-6-13-2-1-12-9;/h3-5,9,12H,1-2,6H2;1H/t9-;/m0./s1. The predicted octanol–water partition coefficient (Wildman–Crippen LogP) is 1.93. The SMILES string of the molecule is Brc1cncc([C@@H]2COCCN2)c1.Cl. The summed E-state index contributed by atoms with van der Waals surface area (Å²) in [5.74, 6) is 0. The van der Waals surface area contributed by atoms with Gasteiger partial charge in [-0.05, 0) is 27.6 Å². The zero-order valence-corrected chi connectivity index (χ0v) is 9.97. The van der Waals surface area contributed by atoms with Crippen LogP contribution in [-0.4, -0.2) is 24.7 Å². The van der Waals surface area contributed by atoms with E-state index in [0.717, 1.165) is 24.2 Å². The Hall–Kier alpha value is -0.160. The van der Waals surface area contributed by atoms with Crippen LogP contribution in [0.1, 0.15) is 11.6 Å². The average Bonchev–Trinajstić information content (AvgIpc) is 2.19. The van der Waals surface area contributed by atoms with Crippen LogP contribution in [-0.2, 0) is 4.74 Å². The first kappa shape index (κ1) is 11.9. The van der Waals surface area contributed by atoms with E-state index in [1.807, 2.05) is 6.20 Å². The number of pyridine rings is 1. The molecule has 1 aliphatic heterocycles. The van der Waals surface area contributed by atoms with E-state index >= 15 is 0 Å². The van der Waals surface area contributed by atoms with Crippen molar-refractivity contribution >= 4 is 28.3 Å². The van der Waals surface area contributed by atoms with Crippen LogP contribution in [0.4, 0.5) is 0 Å². The molecule has 1 fully saturated rings. The monoisotopic (exact) mass is 278 g/mol. The third kappa shape index (κ3) is 2.92. The largest absolute Gasteiger partial charge is 0.378 e. The van der Waals surface area contributed by atoms with Crippen LogP contribution in [0.15, 0.2) is 22.9 Å². The van der Waals surface area contributed by atoms with Crippen molar-refractivity contribution in [2.75, 3.05) is 19.8 Å². The molecule has 0 saturated carbocycles. The topological polar surface area (TPSA) is 34.1 Å². The summed E-state index contributed by atoms with van der Waals surface area (Å²) >= 11 is 3.40. The van der Waals surface area contributed by atoms with Gasteiger partial charge in [0.1, 0.15) is 0 Å². The van der Waals surface area contributed by atoms with E-state index in [9.17, 15) is 0 Å². The molecule has 1 aromatic rings. The number of nitrogens with zero attached hydrogens (tertiary/aromatic N) is 1. The maximum Gasteiger partial charge on any atom is 0.0662 e. The number of rotatable bonds is 1. The van der Waals surface area contributed by atoms with Crippen molar-refractivity contribution < 1.29 is 4.74 Å². The van der Waals surface area contributed by atoms with Crippen molar-refractivity contribution in [1.82, 2.24) is 10.3 Å². The first-order chi connectivity index (χ1) is 6.36. The molecule has 0 unspecified atom stereocenters. The van der Waals surface area contributed by atoms with Gasteiger partial charge in [-0.15, -0.1) is 12.4 Å². The second kappa shape index (κ2) is 5.66. The Morgan fingerprint density at radius 3 is 3.00 bits per heavy atom. The van der Waals surface area contributed by atoms with Gasteiger partial charge in [0.2, 0.25) is 0 Å². The third-order valence-electron chi connectivity index (χ3n) is 2.05. The first-order valence-corrected chi connectivity index (χ1v) is 5.07. The average molecular weight is 280 g/mol. The maximum atomic E-state index is 5.37. The molecule has 0 radical (unpaired) electrons. The highest BCUT2D eigenvalue weighted by Crippen LogP contribution is 2.18. The lowest BCUT2D eigenvalue weighted by atomic mass is 10.1. The van der Waals surface area contributed by atoms with Crippen molar-refractivity contribution in [2.24, 2.45) is 0 Å². The molecular weight excluding hydrogens is 267 g/mol. The van der Waals surface area contributed by atoms with Crippen LogP contribution in [0.3, 0.4) is 0 Å². The van der Waals surface area contributed by atoms with Crippen LogP contribution in [0, 0.1) is 0 Å². The minimum atomic E-state index is 0. The second-order valence-corrected chi connectivity index (χ2v) is 3.93. The molecule has 0 spiro atoms. The van der Waals surface area contributed by atoms with Gasteiger partial charge in [-0.1, -0.05) is 0 Å². The molecule has 5 heteroatoms. The van der Waals surface area contributed by atoms with Crippen LogP contribution in [0.5, 0.6) is 0 Å². The van der Waals surface area contributed by atoms with E-state index in [1.165, 1.54) is 5.56 Å². The van der Waals surface area contributed by atoms with Gasteiger partial charge in [-0.2, -0.15) is 0 Å². The quantitative estimate of drug-likeness (QED) is 0.853. The van der Waals surface area contributed by atoms with Crippen molar-refractivity contribution in [3.05, 3.63) is 28.5 Å². The lowest BCUT2D eigenvalue weighted by Crippen LogP contribution is -2.34. The van der Waals surface area contributed by atoms with Crippen LogP contribution >= 0.6 is 28.3 Å². The van der Waals surface area contributed by atoms with Gasteiger partial charge in [-0.25, -0.2) is 0 Å². The summed E-state index contributed by atoms with van der Waals surface area (Å²) in [6.45, 7) is 2.45. The molecule has 0 aliphatic carbocycles. The fourth-order valence-corrected chi connectivity index (χ4v) is 1.78. The lowest BCUT2D eigenvalue weighted by Gasteiger charge is -2.23. The van der Waals surface area contributed by atoms with E-state index < -0.39 is 0 Å². The summed E-state index contributed by atoms with van der Waals surface area (Å²) in [6.07, 6.45) is 3.66. The van der Waals surface area contributed by atoms with Crippen molar-refractivity contribution in [3.8, 4) is 0 Å². The molecule has 2 heterocycles. The molecule has 1 aliphatic rings. The Balaban J connectivity index is 0.000000980. The zero-order valence-electron chi connectivity index (χ0n) is 7.57. The summed E-state index contributed by atoms with van der Waals surface area (Å²) in [5, 5.41) is 3.38. The first-order valence-electron chi connectivity index (χ1n) is 4.28. The molecule has 78 valence electrons. The van der Waals surface area contributed by atoms with E-state index in [-0.39, 0.29) is 12.4 Å². The van der Waals surface area contributed by atoms with Crippen LogP contribution in [0.25, 0.3) is 0 Å². The molecule has 1 aromatic heterocycles. The summed E-state index contributed by atoms with van der Waals surface area (Å²) in [7, 11) is 0. The highest BCUT2D eigenvalue weighted by molar-refractivity contribution is 9.10. The minimum Gasteiger partial charge on any atom is -0.378 e. The Morgan fingerprint density at radius 1 is 1.50 bits per heavy atom. The highest BCUT2D eigenvalue weighted by Gasteiger charge is 2.15. The second-order valence-electron chi connectivity index (χ2n) is 3.02. The minimum absolute atomic E-state index is 0. The van der Waals surface area contributed by atoms with Crippen molar-refractivity contribution in [3.63, 3.8) is 0 Å². The molecule has 0 aromatic carbocycles. The summed E-state index contributed by atoms with van der Waals surface area (Å²) < 4.78 is 6.38. The fraction of sp³-hybridized carbons (Fsp3) is 0.444. The predicted molar refractivity (Wildman–Crippen MR) is 60.7 cm³/mol.